The lowest BCUT2D eigenvalue weighted by Gasteiger charge is -2.27. The zero-order valence-electron chi connectivity index (χ0n) is 30.2. The van der Waals surface area contributed by atoms with Gasteiger partial charge in [-0.05, 0) is 93.6 Å². The SMILES string of the molecule is Cc1ccc(C)c(-c2cc(-c3cccc4ccccc34)c3nc(-c4ccccc4N=Cc4cc(C(C)(C)C)cc(C(C)(C)C)c4O)sc3c2)c1. The van der Waals surface area contributed by atoms with Crippen LogP contribution in [0.5, 0.6) is 5.75 Å². The number of phenolic OH excluding ortho intramolecular Hbond substituents is 1. The minimum absolute atomic E-state index is 0.0766. The number of benzene rings is 6. The van der Waals surface area contributed by atoms with Gasteiger partial charge in [0.15, 0.2) is 0 Å². The molecule has 0 aliphatic rings. The summed E-state index contributed by atoms with van der Waals surface area (Å²) < 4.78 is 1.13. The van der Waals surface area contributed by atoms with Crippen LogP contribution < -0.4 is 0 Å². The molecule has 3 nitrogen and oxygen atoms in total. The van der Waals surface area contributed by atoms with Gasteiger partial charge in [-0.2, -0.15) is 0 Å². The lowest BCUT2D eigenvalue weighted by Crippen LogP contribution is -2.17. The molecule has 50 heavy (non-hydrogen) atoms. The van der Waals surface area contributed by atoms with E-state index in [1.165, 1.54) is 44.2 Å². The molecule has 0 aliphatic heterocycles. The fraction of sp³-hybridized carbons (Fsp3) is 0.217. The maximum absolute atomic E-state index is 11.4. The topological polar surface area (TPSA) is 45.5 Å². The summed E-state index contributed by atoms with van der Waals surface area (Å²) in [5.41, 5.74) is 12.5. The predicted molar refractivity (Wildman–Crippen MR) is 216 cm³/mol. The van der Waals surface area contributed by atoms with E-state index >= 15 is 0 Å². The molecule has 7 rings (SSSR count). The van der Waals surface area contributed by atoms with Gasteiger partial charge in [-0.1, -0.05) is 126 Å². The summed E-state index contributed by atoms with van der Waals surface area (Å²) in [5.74, 6) is 0.283. The van der Waals surface area contributed by atoms with Crippen LogP contribution in [-0.4, -0.2) is 16.3 Å². The van der Waals surface area contributed by atoms with Gasteiger partial charge < -0.3 is 5.11 Å². The monoisotopic (exact) mass is 672 g/mol. The number of aliphatic imine (C=N–C) groups is 1. The quantitative estimate of drug-likeness (QED) is 0.185. The van der Waals surface area contributed by atoms with E-state index < -0.39 is 0 Å². The van der Waals surface area contributed by atoms with Gasteiger partial charge in [0.25, 0.3) is 0 Å². The number of aromatic hydroxyl groups is 1. The molecule has 1 N–H and O–H groups in total. The van der Waals surface area contributed by atoms with Gasteiger partial charge in [-0.3, -0.25) is 4.99 Å². The Kier molecular flexibility index (Phi) is 8.48. The number of hydrogen-bond donors (Lipinski definition) is 1. The van der Waals surface area contributed by atoms with E-state index in [0.29, 0.717) is 0 Å². The van der Waals surface area contributed by atoms with E-state index in [4.69, 9.17) is 9.98 Å². The van der Waals surface area contributed by atoms with Crippen molar-refractivity contribution in [3.8, 4) is 38.6 Å². The molecule has 4 heteroatoms. The van der Waals surface area contributed by atoms with Gasteiger partial charge in [0, 0.05) is 28.5 Å². The van der Waals surface area contributed by atoms with Crippen molar-refractivity contribution in [2.75, 3.05) is 0 Å². The standard InChI is InChI=1S/C46H44N2OS/c1-28-20-21-29(2)37(22-28)31-24-38(35-18-13-15-30-14-9-10-16-34(30)35)42-41(25-31)50-44(48-42)36-17-11-12-19-40(36)47-27-32-23-33(45(3,4)5)26-39(43(32)49)46(6,7)8/h9-27,49H,1-8H3. The van der Waals surface area contributed by atoms with Crippen LogP contribution in [-0.2, 0) is 10.8 Å². The second-order valence-electron chi connectivity index (χ2n) is 15.5. The first-order chi connectivity index (χ1) is 23.8. The van der Waals surface area contributed by atoms with Crippen LogP contribution in [0.2, 0.25) is 0 Å². The Morgan fingerprint density at radius 3 is 2.18 bits per heavy atom. The number of hydrogen-bond acceptors (Lipinski definition) is 4. The molecule has 0 amide bonds. The van der Waals surface area contributed by atoms with E-state index in [1.807, 2.05) is 24.4 Å². The Balaban J connectivity index is 1.41. The van der Waals surface area contributed by atoms with E-state index in [9.17, 15) is 5.11 Å². The third-order valence-corrected chi connectivity index (χ3v) is 10.6. The number of fused-ring (bicyclic) bond motifs is 2. The van der Waals surface area contributed by atoms with E-state index in [0.717, 1.165) is 43.2 Å². The van der Waals surface area contributed by atoms with Crippen LogP contribution >= 0.6 is 11.3 Å². The molecule has 1 aromatic heterocycles. The Hall–Kier alpha value is -5.06. The molecule has 0 saturated carbocycles. The van der Waals surface area contributed by atoms with Crippen molar-refractivity contribution in [1.82, 2.24) is 4.98 Å². The van der Waals surface area contributed by atoms with E-state index in [1.54, 1.807) is 11.3 Å². The highest BCUT2D eigenvalue weighted by molar-refractivity contribution is 7.21. The van der Waals surface area contributed by atoms with E-state index in [2.05, 4.69) is 146 Å². The second kappa shape index (κ2) is 12.7. The number of aryl methyl sites for hydroxylation is 2. The van der Waals surface area contributed by atoms with Crippen LogP contribution in [0.25, 0.3) is 53.8 Å². The molecule has 6 aromatic carbocycles. The fourth-order valence-corrected chi connectivity index (χ4v) is 7.74. The largest absolute Gasteiger partial charge is 0.507 e. The average molecular weight is 673 g/mol. The Morgan fingerprint density at radius 2 is 1.40 bits per heavy atom. The number of para-hydroxylation sites is 1. The maximum Gasteiger partial charge on any atom is 0.128 e. The van der Waals surface area contributed by atoms with Gasteiger partial charge in [0.2, 0.25) is 0 Å². The summed E-state index contributed by atoms with van der Waals surface area (Å²) in [5, 5.41) is 14.8. The third kappa shape index (κ3) is 6.36. The number of phenols is 1. The predicted octanol–water partition coefficient (Wildman–Crippen LogP) is 13.1. The average Bonchev–Trinajstić information content (AvgIpc) is 3.51. The molecular weight excluding hydrogens is 629 g/mol. The van der Waals surface area contributed by atoms with Crippen LogP contribution in [0.15, 0.2) is 114 Å². The third-order valence-electron chi connectivity index (χ3n) is 9.57. The molecule has 0 bridgehead atoms. The van der Waals surface area contributed by atoms with Gasteiger partial charge in [-0.25, -0.2) is 4.98 Å². The molecule has 0 spiro atoms. The molecule has 0 aliphatic carbocycles. The number of rotatable bonds is 5. The first-order valence-corrected chi connectivity index (χ1v) is 18.1. The molecule has 7 aromatic rings. The lowest BCUT2D eigenvalue weighted by molar-refractivity contribution is 0.444. The van der Waals surface area contributed by atoms with Crippen molar-refractivity contribution in [1.29, 1.82) is 0 Å². The minimum Gasteiger partial charge on any atom is -0.507 e. The molecule has 0 saturated heterocycles. The first-order valence-electron chi connectivity index (χ1n) is 17.3. The van der Waals surface area contributed by atoms with Crippen LogP contribution in [0.3, 0.4) is 0 Å². The normalized spacial score (nSPS) is 12.4. The fourth-order valence-electron chi connectivity index (χ4n) is 6.68. The molecular formula is C46H44N2OS. The highest BCUT2D eigenvalue weighted by Gasteiger charge is 2.25. The highest BCUT2D eigenvalue weighted by Crippen LogP contribution is 2.44. The Labute approximate surface area is 300 Å². The number of thiazole rings is 1. The minimum atomic E-state index is -0.218. The van der Waals surface area contributed by atoms with Crippen LogP contribution in [0.1, 0.15) is 69.4 Å². The van der Waals surface area contributed by atoms with Gasteiger partial charge >= 0.3 is 0 Å². The smallest absolute Gasteiger partial charge is 0.128 e. The summed E-state index contributed by atoms with van der Waals surface area (Å²) in [4.78, 5) is 10.4. The Bertz CT molecular complexity index is 2430. The van der Waals surface area contributed by atoms with Crippen molar-refractivity contribution in [2.24, 2.45) is 4.99 Å². The van der Waals surface area contributed by atoms with Crippen molar-refractivity contribution >= 4 is 44.2 Å². The first kappa shape index (κ1) is 33.4. The summed E-state index contributed by atoms with van der Waals surface area (Å²) in [6, 6.07) is 38.8. The Morgan fingerprint density at radius 1 is 0.680 bits per heavy atom. The van der Waals surface area contributed by atoms with Gasteiger partial charge in [0.1, 0.15) is 10.8 Å². The molecule has 1 heterocycles. The second-order valence-corrected chi connectivity index (χ2v) is 16.5. The molecule has 250 valence electrons. The molecule has 0 unspecified atom stereocenters. The zero-order valence-corrected chi connectivity index (χ0v) is 31.0. The van der Waals surface area contributed by atoms with Crippen LogP contribution in [0.4, 0.5) is 5.69 Å². The number of aromatic nitrogens is 1. The van der Waals surface area contributed by atoms with Gasteiger partial charge in [0.05, 0.1) is 15.9 Å². The number of nitrogens with zero attached hydrogens (tertiary/aromatic N) is 2. The van der Waals surface area contributed by atoms with Crippen molar-refractivity contribution < 1.29 is 5.11 Å². The summed E-state index contributed by atoms with van der Waals surface area (Å²) >= 11 is 1.70. The molecule has 0 radical (unpaired) electrons. The van der Waals surface area contributed by atoms with Gasteiger partial charge in [-0.15, -0.1) is 11.3 Å². The van der Waals surface area contributed by atoms with E-state index in [-0.39, 0.29) is 16.6 Å². The van der Waals surface area contributed by atoms with Crippen molar-refractivity contribution in [2.45, 2.75) is 66.2 Å². The van der Waals surface area contributed by atoms with Crippen molar-refractivity contribution in [3.05, 3.63) is 137 Å². The summed E-state index contributed by atoms with van der Waals surface area (Å²) in [6.45, 7) is 17.3. The molecule has 0 fully saturated rings. The maximum atomic E-state index is 11.4. The summed E-state index contributed by atoms with van der Waals surface area (Å²) in [6.07, 6.45) is 1.81. The summed E-state index contributed by atoms with van der Waals surface area (Å²) in [7, 11) is 0. The van der Waals surface area contributed by atoms with Crippen LogP contribution in [0, 0.1) is 13.8 Å². The molecule has 0 atom stereocenters. The van der Waals surface area contributed by atoms with Crippen molar-refractivity contribution in [3.63, 3.8) is 0 Å². The lowest BCUT2D eigenvalue weighted by atomic mass is 9.79. The zero-order chi connectivity index (χ0) is 35.4. The highest BCUT2D eigenvalue weighted by atomic mass is 32.1.